The maximum absolute atomic E-state index is 14.8. The molecule has 0 unspecified atom stereocenters. The first kappa shape index (κ1) is 27.2. The van der Waals surface area contributed by atoms with Gasteiger partial charge in [-0.2, -0.15) is 13.2 Å². The van der Waals surface area contributed by atoms with Gasteiger partial charge in [0.1, 0.15) is 17.4 Å². The van der Waals surface area contributed by atoms with Crippen LogP contribution in [-0.2, 0) is 0 Å². The van der Waals surface area contributed by atoms with Gasteiger partial charge in [0.2, 0.25) is 0 Å². The second-order valence-electron chi connectivity index (χ2n) is 7.19. The molecule has 0 aromatic heterocycles. The second kappa shape index (κ2) is 11.4. The summed E-state index contributed by atoms with van der Waals surface area (Å²) < 4.78 is 73.0. The maximum atomic E-state index is 14.8. The molecule has 34 heavy (non-hydrogen) atoms. The van der Waals surface area contributed by atoms with Crippen molar-refractivity contribution in [2.24, 2.45) is 0 Å². The Morgan fingerprint density at radius 1 is 1.12 bits per heavy atom. The monoisotopic (exact) mass is 507 g/mol. The average molecular weight is 508 g/mol. The summed E-state index contributed by atoms with van der Waals surface area (Å²) in [5.74, 6) is -3.87. The first-order valence-corrected chi connectivity index (χ1v) is 10.6. The molecule has 0 heterocycles. The van der Waals surface area contributed by atoms with Crippen LogP contribution >= 0.6 is 11.6 Å². The molecule has 0 saturated heterocycles. The van der Waals surface area contributed by atoms with Crippen LogP contribution in [0.5, 0.6) is 5.75 Å². The van der Waals surface area contributed by atoms with Crippen molar-refractivity contribution in [3.8, 4) is 5.75 Å². The van der Waals surface area contributed by atoms with Crippen molar-refractivity contribution in [3.63, 3.8) is 0 Å². The van der Waals surface area contributed by atoms with Crippen molar-refractivity contribution in [2.45, 2.75) is 39.5 Å². The summed E-state index contributed by atoms with van der Waals surface area (Å²) >= 11 is 5.87. The number of hydrogen-bond donors (Lipinski definition) is 2. The van der Waals surface area contributed by atoms with E-state index < -0.39 is 58.5 Å². The number of carbonyl (C=O) groups is 2. The molecule has 186 valence electrons. The molecule has 2 aromatic carbocycles. The molecular weight excluding hydrogens is 485 g/mol. The van der Waals surface area contributed by atoms with Crippen LogP contribution in [0.3, 0.4) is 0 Å². The number of nitrogens with zero attached hydrogens (tertiary/aromatic N) is 1. The van der Waals surface area contributed by atoms with Crippen molar-refractivity contribution < 1.29 is 36.3 Å². The fraction of sp³-hybridized carbons (Fsp3) is 0.364. The molecule has 0 aliphatic carbocycles. The highest BCUT2D eigenvalue weighted by Crippen LogP contribution is 2.33. The normalized spacial score (nSPS) is 12.1. The predicted octanol–water partition coefficient (Wildman–Crippen LogP) is 6.46. The Labute approximate surface area is 198 Å². The lowest BCUT2D eigenvalue weighted by atomic mass is 10.1. The number of nitrogens with one attached hydrogen (secondary N) is 2. The van der Waals surface area contributed by atoms with Gasteiger partial charge in [-0.25, -0.2) is 13.6 Å². The fourth-order valence-corrected chi connectivity index (χ4v) is 3.06. The van der Waals surface area contributed by atoms with E-state index in [0.29, 0.717) is 32.5 Å². The van der Waals surface area contributed by atoms with Gasteiger partial charge >= 0.3 is 12.2 Å². The molecule has 1 atom stereocenters. The van der Waals surface area contributed by atoms with E-state index in [1.807, 2.05) is 6.92 Å². The summed E-state index contributed by atoms with van der Waals surface area (Å²) in [6.45, 7) is 4.89. The van der Waals surface area contributed by atoms with E-state index in [-0.39, 0.29) is 5.02 Å². The molecule has 2 aromatic rings. The number of urea groups is 1. The zero-order chi connectivity index (χ0) is 25.6. The number of alkyl halides is 3. The Morgan fingerprint density at radius 2 is 1.79 bits per heavy atom. The zero-order valence-corrected chi connectivity index (χ0v) is 19.3. The average Bonchev–Trinajstić information content (AvgIpc) is 2.75. The van der Waals surface area contributed by atoms with Crippen molar-refractivity contribution in [1.82, 2.24) is 4.90 Å². The third-order valence-electron chi connectivity index (χ3n) is 4.68. The number of halogens is 6. The Bertz CT molecular complexity index is 1030. The highest BCUT2D eigenvalue weighted by atomic mass is 35.5. The van der Waals surface area contributed by atoms with Crippen LogP contribution < -0.4 is 15.4 Å². The van der Waals surface area contributed by atoms with Gasteiger partial charge in [0.05, 0.1) is 22.0 Å². The molecule has 0 radical (unpaired) electrons. The molecule has 3 amide bonds. The van der Waals surface area contributed by atoms with Crippen molar-refractivity contribution in [3.05, 3.63) is 52.6 Å². The van der Waals surface area contributed by atoms with Gasteiger partial charge in [-0.15, -0.1) is 0 Å². The number of anilines is 2. The van der Waals surface area contributed by atoms with Gasteiger partial charge in [0.25, 0.3) is 5.91 Å². The Morgan fingerprint density at radius 3 is 2.35 bits per heavy atom. The van der Waals surface area contributed by atoms with E-state index in [1.165, 1.54) is 17.0 Å². The quantitative estimate of drug-likeness (QED) is 0.403. The summed E-state index contributed by atoms with van der Waals surface area (Å²) in [5.41, 5.74) is -1.60. The summed E-state index contributed by atoms with van der Waals surface area (Å²) in [6, 6.07) is 4.23. The molecule has 0 spiro atoms. The third-order valence-corrected chi connectivity index (χ3v) is 5.00. The smallest absolute Gasteiger partial charge is 0.425 e. The number of benzene rings is 2. The third kappa shape index (κ3) is 6.72. The highest BCUT2D eigenvalue weighted by Gasteiger charge is 2.39. The van der Waals surface area contributed by atoms with Gasteiger partial charge in [0, 0.05) is 19.2 Å². The van der Waals surface area contributed by atoms with Crippen LogP contribution in [0.2, 0.25) is 5.02 Å². The molecule has 0 saturated carbocycles. The van der Waals surface area contributed by atoms with Crippen LogP contribution in [0.25, 0.3) is 0 Å². The number of para-hydroxylation sites is 1. The standard InChI is InChI=1S/C22H23ClF5N3O3/c1-4-9-31(5-2)21(33)29-17-11-18(34-12(3)22(26,27)28)13(10-16(17)25)20(32)30-19-14(23)7-6-8-15(19)24/h6-8,10-12H,4-5,9H2,1-3H3,(H,29,33)(H,30,32)/t12-/m0/s1. The largest absolute Gasteiger partial charge is 0.480 e. The molecular formula is C22H23ClF5N3O3. The Kier molecular flexibility index (Phi) is 9.08. The van der Waals surface area contributed by atoms with Crippen LogP contribution in [-0.4, -0.2) is 42.2 Å². The summed E-state index contributed by atoms with van der Waals surface area (Å²) in [5, 5.41) is 4.20. The van der Waals surface area contributed by atoms with Crippen molar-refractivity contribution in [2.75, 3.05) is 23.7 Å². The minimum atomic E-state index is -4.81. The highest BCUT2D eigenvalue weighted by molar-refractivity contribution is 6.34. The van der Waals surface area contributed by atoms with Crippen LogP contribution in [0.15, 0.2) is 30.3 Å². The van der Waals surface area contributed by atoms with E-state index >= 15 is 0 Å². The van der Waals surface area contributed by atoms with E-state index in [0.717, 1.165) is 12.1 Å². The van der Waals surface area contributed by atoms with Crippen LogP contribution in [0.4, 0.5) is 38.1 Å². The molecule has 0 aliphatic heterocycles. The molecule has 2 N–H and O–H groups in total. The minimum Gasteiger partial charge on any atom is -0.480 e. The first-order chi connectivity index (χ1) is 15.9. The van der Waals surface area contributed by atoms with Crippen molar-refractivity contribution in [1.29, 1.82) is 0 Å². The molecule has 0 fully saturated rings. The number of amides is 3. The fourth-order valence-electron chi connectivity index (χ4n) is 2.85. The lowest BCUT2D eigenvalue weighted by molar-refractivity contribution is -0.189. The van der Waals surface area contributed by atoms with E-state index in [1.54, 1.807) is 6.92 Å². The molecule has 12 heteroatoms. The number of rotatable bonds is 8. The second-order valence-corrected chi connectivity index (χ2v) is 7.60. The lowest BCUT2D eigenvalue weighted by Crippen LogP contribution is -2.35. The number of hydrogen-bond acceptors (Lipinski definition) is 3. The Balaban J connectivity index is 2.47. The number of carbonyl (C=O) groups excluding carboxylic acids is 2. The molecule has 2 rings (SSSR count). The Hall–Kier alpha value is -3.08. The van der Waals surface area contributed by atoms with Gasteiger partial charge in [0.15, 0.2) is 6.10 Å². The van der Waals surface area contributed by atoms with Gasteiger partial charge in [-0.05, 0) is 38.5 Å². The molecule has 0 aliphatic rings. The summed E-state index contributed by atoms with van der Waals surface area (Å²) in [6.07, 6.45) is -6.56. The molecule has 0 bridgehead atoms. The molecule has 6 nitrogen and oxygen atoms in total. The summed E-state index contributed by atoms with van der Waals surface area (Å²) in [4.78, 5) is 26.5. The van der Waals surface area contributed by atoms with Gasteiger partial charge in [-0.1, -0.05) is 24.6 Å². The SMILES string of the molecule is CCCN(CC)C(=O)Nc1cc(O[C@@H](C)C(F)(F)F)c(C(=O)Nc2c(F)cccc2Cl)cc1F. The lowest BCUT2D eigenvalue weighted by Gasteiger charge is -2.23. The van der Waals surface area contributed by atoms with E-state index in [2.05, 4.69) is 10.6 Å². The number of ether oxygens (including phenoxy) is 1. The topological polar surface area (TPSA) is 70.7 Å². The maximum Gasteiger partial charge on any atom is 0.425 e. The van der Waals surface area contributed by atoms with E-state index in [9.17, 15) is 31.5 Å². The van der Waals surface area contributed by atoms with Crippen molar-refractivity contribution >= 4 is 34.9 Å². The minimum absolute atomic E-state index is 0.181. The predicted molar refractivity (Wildman–Crippen MR) is 118 cm³/mol. The van der Waals surface area contributed by atoms with E-state index in [4.69, 9.17) is 16.3 Å². The van der Waals surface area contributed by atoms with Gasteiger partial charge in [-0.3, -0.25) is 4.79 Å². The van der Waals surface area contributed by atoms with Crippen LogP contribution in [0.1, 0.15) is 37.6 Å². The zero-order valence-electron chi connectivity index (χ0n) is 18.5. The summed E-state index contributed by atoms with van der Waals surface area (Å²) in [7, 11) is 0. The first-order valence-electron chi connectivity index (χ1n) is 10.3. The van der Waals surface area contributed by atoms with Crippen LogP contribution in [0, 0.1) is 11.6 Å². The van der Waals surface area contributed by atoms with Gasteiger partial charge < -0.3 is 20.3 Å².